The molecule has 0 aliphatic heterocycles. The van der Waals surface area contributed by atoms with Crippen LogP contribution in [-0.2, 0) is 9.59 Å². The van der Waals surface area contributed by atoms with E-state index < -0.39 is 12.0 Å². The lowest BCUT2D eigenvalue weighted by atomic mass is 10.1. The highest BCUT2D eigenvalue weighted by atomic mass is 16.4. The van der Waals surface area contributed by atoms with Crippen molar-refractivity contribution < 1.29 is 14.7 Å². The summed E-state index contributed by atoms with van der Waals surface area (Å²) in [6, 6.07) is -0.592. The van der Waals surface area contributed by atoms with Crippen LogP contribution in [-0.4, -0.2) is 48.1 Å². The van der Waals surface area contributed by atoms with Crippen LogP contribution in [0.15, 0.2) is 0 Å². The largest absolute Gasteiger partial charge is 0.480 e. The highest BCUT2D eigenvalue weighted by molar-refractivity contribution is 5.79. The number of nitrogens with one attached hydrogen (secondary N) is 1. The standard InChI is InChI=1S/C12H24N2O3/c1-5-10(12(16)17)14(4)8-11(15)13-7-6-9(2)3/h9-10H,5-8H2,1-4H3,(H,13,15)(H,16,17). The lowest BCUT2D eigenvalue weighted by Crippen LogP contribution is -2.44. The van der Waals surface area contributed by atoms with Crippen LogP contribution < -0.4 is 5.32 Å². The third kappa shape index (κ3) is 6.94. The second kappa shape index (κ2) is 8.06. The minimum Gasteiger partial charge on any atom is -0.480 e. The Balaban J connectivity index is 3.98. The summed E-state index contributed by atoms with van der Waals surface area (Å²) in [5.74, 6) is -0.451. The van der Waals surface area contributed by atoms with Crippen molar-refractivity contribution in [1.82, 2.24) is 10.2 Å². The van der Waals surface area contributed by atoms with E-state index in [9.17, 15) is 9.59 Å². The molecule has 0 aliphatic carbocycles. The summed E-state index contributed by atoms with van der Waals surface area (Å²) in [5, 5.41) is 11.7. The molecule has 17 heavy (non-hydrogen) atoms. The fourth-order valence-electron chi connectivity index (χ4n) is 1.57. The Hall–Kier alpha value is -1.10. The van der Waals surface area contributed by atoms with Crippen molar-refractivity contribution in [3.63, 3.8) is 0 Å². The summed E-state index contributed by atoms with van der Waals surface area (Å²) < 4.78 is 0. The van der Waals surface area contributed by atoms with Gasteiger partial charge in [-0.1, -0.05) is 20.8 Å². The average molecular weight is 244 g/mol. The smallest absolute Gasteiger partial charge is 0.320 e. The van der Waals surface area contributed by atoms with Crippen molar-refractivity contribution in [2.45, 2.75) is 39.7 Å². The molecule has 2 N–H and O–H groups in total. The van der Waals surface area contributed by atoms with Gasteiger partial charge in [0.15, 0.2) is 0 Å². The fraction of sp³-hybridized carbons (Fsp3) is 0.833. The normalized spacial score (nSPS) is 12.8. The molecule has 5 nitrogen and oxygen atoms in total. The van der Waals surface area contributed by atoms with Gasteiger partial charge in [0.05, 0.1) is 6.54 Å². The Kier molecular flexibility index (Phi) is 7.54. The SMILES string of the molecule is CCC(C(=O)O)N(C)CC(=O)NCCC(C)C. The fourth-order valence-corrected chi connectivity index (χ4v) is 1.57. The number of carbonyl (C=O) groups excluding carboxylic acids is 1. The molecule has 0 aliphatic rings. The second-order valence-corrected chi connectivity index (χ2v) is 4.71. The monoisotopic (exact) mass is 244 g/mol. The average Bonchev–Trinajstić information content (AvgIpc) is 2.16. The summed E-state index contributed by atoms with van der Waals surface area (Å²) >= 11 is 0. The number of hydrogen-bond donors (Lipinski definition) is 2. The molecule has 0 spiro atoms. The highest BCUT2D eigenvalue weighted by Gasteiger charge is 2.21. The van der Waals surface area contributed by atoms with Crippen molar-refractivity contribution in [2.24, 2.45) is 5.92 Å². The van der Waals surface area contributed by atoms with Crippen LogP contribution in [0.1, 0.15) is 33.6 Å². The maximum atomic E-state index is 11.5. The lowest BCUT2D eigenvalue weighted by Gasteiger charge is -2.22. The van der Waals surface area contributed by atoms with Crippen molar-refractivity contribution in [2.75, 3.05) is 20.1 Å². The van der Waals surface area contributed by atoms with Gasteiger partial charge in [0.25, 0.3) is 0 Å². The summed E-state index contributed by atoms with van der Waals surface area (Å²) in [4.78, 5) is 24.0. The molecule has 0 heterocycles. The second-order valence-electron chi connectivity index (χ2n) is 4.71. The molecule has 1 unspecified atom stereocenters. The number of amides is 1. The van der Waals surface area contributed by atoms with Crippen molar-refractivity contribution >= 4 is 11.9 Å². The van der Waals surface area contributed by atoms with Crippen LogP contribution in [0.4, 0.5) is 0 Å². The number of rotatable bonds is 8. The number of carboxylic acid groups (broad SMARTS) is 1. The van der Waals surface area contributed by atoms with Gasteiger partial charge in [-0.15, -0.1) is 0 Å². The molecular formula is C12H24N2O3. The van der Waals surface area contributed by atoms with Gasteiger partial charge in [-0.2, -0.15) is 0 Å². The molecule has 0 aromatic carbocycles. The van der Waals surface area contributed by atoms with E-state index in [4.69, 9.17) is 5.11 Å². The lowest BCUT2D eigenvalue weighted by molar-refractivity contribution is -0.143. The highest BCUT2D eigenvalue weighted by Crippen LogP contribution is 2.01. The Morgan fingerprint density at radius 3 is 2.35 bits per heavy atom. The molecule has 0 bridgehead atoms. The van der Waals surface area contributed by atoms with Crippen LogP contribution in [0.3, 0.4) is 0 Å². The zero-order valence-electron chi connectivity index (χ0n) is 11.2. The predicted molar refractivity (Wildman–Crippen MR) is 66.8 cm³/mol. The van der Waals surface area contributed by atoms with Gasteiger partial charge in [-0.3, -0.25) is 14.5 Å². The first kappa shape index (κ1) is 15.9. The molecule has 5 heteroatoms. The van der Waals surface area contributed by atoms with E-state index in [0.29, 0.717) is 18.9 Å². The number of carboxylic acids is 1. The number of nitrogens with zero attached hydrogens (tertiary/aromatic N) is 1. The minimum atomic E-state index is -0.884. The molecule has 1 amide bonds. The van der Waals surface area contributed by atoms with E-state index >= 15 is 0 Å². The van der Waals surface area contributed by atoms with Crippen LogP contribution in [0.2, 0.25) is 0 Å². The molecule has 0 rings (SSSR count). The topological polar surface area (TPSA) is 69.6 Å². The number of hydrogen-bond acceptors (Lipinski definition) is 3. The third-order valence-electron chi connectivity index (χ3n) is 2.64. The summed E-state index contributed by atoms with van der Waals surface area (Å²) in [7, 11) is 1.66. The van der Waals surface area contributed by atoms with Gasteiger partial charge < -0.3 is 10.4 Å². The third-order valence-corrected chi connectivity index (χ3v) is 2.64. The molecule has 100 valence electrons. The van der Waals surface area contributed by atoms with E-state index in [-0.39, 0.29) is 12.5 Å². The molecule has 0 saturated heterocycles. The van der Waals surface area contributed by atoms with E-state index in [2.05, 4.69) is 19.2 Å². The minimum absolute atomic E-state index is 0.118. The van der Waals surface area contributed by atoms with E-state index in [0.717, 1.165) is 6.42 Å². The number of aliphatic carboxylic acids is 1. The Morgan fingerprint density at radius 1 is 1.35 bits per heavy atom. The van der Waals surface area contributed by atoms with E-state index in [1.807, 2.05) is 0 Å². The Morgan fingerprint density at radius 2 is 1.94 bits per heavy atom. The van der Waals surface area contributed by atoms with E-state index in [1.165, 1.54) is 0 Å². The molecule has 0 saturated carbocycles. The summed E-state index contributed by atoms with van der Waals surface area (Å²) in [5.41, 5.74) is 0. The first-order valence-electron chi connectivity index (χ1n) is 6.08. The van der Waals surface area contributed by atoms with Crippen LogP contribution >= 0.6 is 0 Å². The molecule has 0 fully saturated rings. The van der Waals surface area contributed by atoms with Gasteiger partial charge in [-0.05, 0) is 25.8 Å². The molecule has 0 aromatic heterocycles. The number of likely N-dealkylation sites (N-methyl/N-ethyl adjacent to an activating group) is 1. The molecular weight excluding hydrogens is 220 g/mol. The van der Waals surface area contributed by atoms with Crippen molar-refractivity contribution in [3.8, 4) is 0 Å². The molecule has 0 aromatic rings. The van der Waals surface area contributed by atoms with Crippen molar-refractivity contribution in [3.05, 3.63) is 0 Å². The first-order valence-corrected chi connectivity index (χ1v) is 6.08. The summed E-state index contributed by atoms with van der Waals surface area (Å²) in [6.45, 7) is 6.76. The van der Waals surface area contributed by atoms with Gasteiger partial charge >= 0.3 is 5.97 Å². The molecule has 1 atom stereocenters. The van der Waals surface area contributed by atoms with Crippen molar-refractivity contribution in [1.29, 1.82) is 0 Å². The Labute approximate surface area is 103 Å². The maximum Gasteiger partial charge on any atom is 0.320 e. The maximum absolute atomic E-state index is 11.5. The zero-order chi connectivity index (χ0) is 13.4. The number of carbonyl (C=O) groups is 2. The van der Waals surface area contributed by atoms with Gasteiger partial charge in [0.1, 0.15) is 6.04 Å². The van der Waals surface area contributed by atoms with Gasteiger partial charge in [-0.25, -0.2) is 0 Å². The van der Waals surface area contributed by atoms with Crippen LogP contribution in [0, 0.1) is 5.92 Å². The quantitative estimate of drug-likeness (QED) is 0.667. The predicted octanol–water partition coefficient (Wildman–Crippen LogP) is 0.944. The van der Waals surface area contributed by atoms with Crippen LogP contribution in [0.5, 0.6) is 0 Å². The zero-order valence-corrected chi connectivity index (χ0v) is 11.2. The van der Waals surface area contributed by atoms with Gasteiger partial charge in [0, 0.05) is 6.54 Å². The Bertz CT molecular complexity index is 254. The van der Waals surface area contributed by atoms with E-state index in [1.54, 1.807) is 18.9 Å². The van der Waals surface area contributed by atoms with Crippen LogP contribution in [0.25, 0.3) is 0 Å². The van der Waals surface area contributed by atoms with Gasteiger partial charge in [0.2, 0.25) is 5.91 Å². The molecule has 0 radical (unpaired) electrons. The summed E-state index contributed by atoms with van der Waals surface area (Å²) in [6.07, 6.45) is 1.43. The first-order chi connectivity index (χ1) is 7.88.